The van der Waals surface area contributed by atoms with Crippen LogP contribution in [0.25, 0.3) is 0 Å². The van der Waals surface area contributed by atoms with Gasteiger partial charge in [0.1, 0.15) is 5.56 Å². The number of methoxy groups -OCH3 is 2. The number of carbonyl (C=O) groups is 1. The van der Waals surface area contributed by atoms with Crippen molar-refractivity contribution in [2.75, 3.05) is 27.4 Å². The van der Waals surface area contributed by atoms with E-state index in [4.69, 9.17) is 15.2 Å². The van der Waals surface area contributed by atoms with Gasteiger partial charge < -0.3 is 20.5 Å². The number of carbonyl (C=O) groups excluding carboxylic acids is 1. The molecule has 0 spiro atoms. The number of nitrogens with one attached hydrogen (secondary N) is 1. The summed E-state index contributed by atoms with van der Waals surface area (Å²) in [6, 6.07) is 3.22. The molecule has 1 amide bonds. The largest absolute Gasteiger partial charge is 0.480 e. The first-order valence-electron chi connectivity index (χ1n) is 5.71. The Labute approximate surface area is 106 Å². The third-order valence-corrected chi connectivity index (χ3v) is 2.50. The van der Waals surface area contributed by atoms with E-state index < -0.39 is 0 Å². The lowest BCUT2D eigenvalue weighted by Crippen LogP contribution is -2.41. The van der Waals surface area contributed by atoms with E-state index >= 15 is 0 Å². The zero-order valence-electron chi connectivity index (χ0n) is 10.7. The summed E-state index contributed by atoms with van der Waals surface area (Å²) < 4.78 is 10.00. The number of hydrogen-bond acceptors (Lipinski definition) is 5. The third-order valence-electron chi connectivity index (χ3n) is 2.50. The Bertz CT molecular complexity index is 385. The minimum absolute atomic E-state index is 0.123. The lowest BCUT2D eigenvalue weighted by Gasteiger charge is -2.16. The molecule has 1 aromatic heterocycles. The van der Waals surface area contributed by atoms with Gasteiger partial charge in [0.15, 0.2) is 0 Å². The summed E-state index contributed by atoms with van der Waals surface area (Å²) in [5, 5.41) is 2.83. The number of amides is 1. The molecule has 0 bridgehead atoms. The van der Waals surface area contributed by atoms with Crippen LogP contribution in [0.3, 0.4) is 0 Å². The molecule has 0 fully saturated rings. The molecule has 0 aliphatic rings. The molecule has 6 heteroatoms. The second-order valence-corrected chi connectivity index (χ2v) is 3.75. The lowest BCUT2D eigenvalue weighted by atomic mass is 10.2. The number of pyridine rings is 1. The highest BCUT2D eigenvalue weighted by atomic mass is 16.5. The topological polar surface area (TPSA) is 86.5 Å². The molecular formula is C12H19N3O3. The lowest BCUT2D eigenvalue weighted by molar-refractivity contribution is 0.0923. The second kappa shape index (κ2) is 7.62. The molecular weight excluding hydrogens is 234 g/mol. The molecule has 3 N–H and O–H groups in total. The third kappa shape index (κ3) is 3.97. The van der Waals surface area contributed by atoms with E-state index in [-0.39, 0.29) is 11.9 Å². The van der Waals surface area contributed by atoms with Gasteiger partial charge in [-0.05, 0) is 18.6 Å². The molecule has 6 nitrogen and oxygen atoms in total. The summed E-state index contributed by atoms with van der Waals surface area (Å²) in [6.45, 7) is 0.907. The van der Waals surface area contributed by atoms with Crippen LogP contribution in [0.2, 0.25) is 0 Å². The Morgan fingerprint density at radius 3 is 2.94 bits per heavy atom. The van der Waals surface area contributed by atoms with Crippen LogP contribution in [0.4, 0.5) is 0 Å². The Hall–Kier alpha value is -1.66. The summed E-state index contributed by atoms with van der Waals surface area (Å²) >= 11 is 0. The van der Waals surface area contributed by atoms with Gasteiger partial charge in [-0.1, -0.05) is 0 Å². The molecule has 18 heavy (non-hydrogen) atoms. The first kappa shape index (κ1) is 14.4. The first-order chi connectivity index (χ1) is 8.72. The van der Waals surface area contributed by atoms with Crippen molar-refractivity contribution in [3.63, 3.8) is 0 Å². The van der Waals surface area contributed by atoms with Crippen LogP contribution in [-0.2, 0) is 4.74 Å². The van der Waals surface area contributed by atoms with Crippen molar-refractivity contribution < 1.29 is 14.3 Å². The minimum Gasteiger partial charge on any atom is -0.480 e. The Balaban J connectivity index is 2.68. The van der Waals surface area contributed by atoms with Crippen molar-refractivity contribution in [3.05, 3.63) is 23.9 Å². The molecule has 0 aliphatic heterocycles. The SMILES string of the molecule is COCCC(CN)NC(=O)c1cccnc1OC. The number of nitrogens with zero attached hydrogens (tertiary/aromatic N) is 1. The second-order valence-electron chi connectivity index (χ2n) is 3.75. The van der Waals surface area contributed by atoms with Gasteiger partial charge in [-0.3, -0.25) is 4.79 Å². The molecule has 0 saturated carbocycles. The average Bonchev–Trinajstić information content (AvgIpc) is 2.43. The highest BCUT2D eigenvalue weighted by Gasteiger charge is 2.16. The van der Waals surface area contributed by atoms with Gasteiger partial charge in [-0.2, -0.15) is 0 Å². The van der Waals surface area contributed by atoms with Crippen LogP contribution in [-0.4, -0.2) is 44.3 Å². The number of aromatic nitrogens is 1. The van der Waals surface area contributed by atoms with Gasteiger partial charge in [0.25, 0.3) is 5.91 Å². The average molecular weight is 253 g/mol. The summed E-state index contributed by atoms with van der Waals surface area (Å²) in [7, 11) is 3.09. The zero-order chi connectivity index (χ0) is 13.4. The van der Waals surface area contributed by atoms with E-state index in [0.717, 1.165) is 0 Å². The Kier molecular flexibility index (Phi) is 6.10. The number of ether oxygens (including phenoxy) is 2. The van der Waals surface area contributed by atoms with Crippen molar-refractivity contribution in [3.8, 4) is 5.88 Å². The Morgan fingerprint density at radius 2 is 2.33 bits per heavy atom. The van der Waals surface area contributed by atoms with E-state index in [0.29, 0.717) is 31.0 Å². The van der Waals surface area contributed by atoms with Crippen molar-refractivity contribution in [1.82, 2.24) is 10.3 Å². The molecule has 1 aromatic rings. The number of rotatable bonds is 7. The fraction of sp³-hybridized carbons (Fsp3) is 0.500. The van der Waals surface area contributed by atoms with E-state index in [1.807, 2.05) is 0 Å². The van der Waals surface area contributed by atoms with Crippen molar-refractivity contribution in [1.29, 1.82) is 0 Å². The van der Waals surface area contributed by atoms with Gasteiger partial charge in [0.2, 0.25) is 5.88 Å². The van der Waals surface area contributed by atoms with Crippen LogP contribution >= 0.6 is 0 Å². The maximum absolute atomic E-state index is 12.0. The number of nitrogens with two attached hydrogens (primary N) is 1. The van der Waals surface area contributed by atoms with E-state index in [1.165, 1.54) is 7.11 Å². The molecule has 1 atom stereocenters. The van der Waals surface area contributed by atoms with Crippen molar-refractivity contribution in [2.24, 2.45) is 5.73 Å². The predicted octanol–water partition coefficient (Wildman–Crippen LogP) is 0.184. The number of hydrogen-bond donors (Lipinski definition) is 2. The summed E-state index contributed by atoms with van der Waals surface area (Å²) in [5.74, 6) is 0.0593. The maximum Gasteiger partial charge on any atom is 0.257 e. The fourth-order valence-corrected chi connectivity index (χ4v) is 1.50. The monoisotopic (exact) mass is 253 g/mol. The molecule has 0 radical (unpaired) electrons. The highest BCUT2D eigenvalue weighted by molar-refractivity contribution is 5.96. The zero-order valence-corrected chi connectivity index (χ0v) is 10.7. The van der Waals surface area contributed by atoms with Gasteiger partial charge in [-0.25, -0.2) is 4.98 Å². The summed E-state index contributed by atoms with van der Waals surface area (Å²) in [6.07, 6.45) is 2.24. The normalized spacial score (nSPS) is 11.9. The summed E-state index contributed by atoms with van der Waals surface area (Å²) in [4.78, 5) is 16.0. The van der Waals surface area contributed by atoms with Gasteiger partial charge in [-0.15, -0.1) is 0 Å². The summed E-state index contributed by atoms with van der Waals surface area (Å²) in [5.41, 5.74) is 5.99. The quantitative estimate of drug-likeness (QED) is 0.724. The molecule has 1 rings (SSSR count). The van der Waals surface area contributed by atoms with Crippen LogP contribution < -0.4 is 15.8 Å². The molecule has 0 aromatic carbocycles. The van der Waals surface area contributed by atoms with Gasteiger partial charge in [0, 0.05) is 32.5 Å². The molecule has 0 aliphatic carbocycles. The van der Waals surface area contributed by atoms with Crippen LogP contribution in [0.1, 0.15) is 16.8 Å². The van der Waals surface area contributed by atoms with Crippen LogP contribution in [0.5, 0.6) is 5.88 Å². The van der Waals surface area contributed by atoms with E-state index in [1.54, 1.807) is 25.4 Å². The fourth-order valence-electron chi connectivity index (χ4n) is 1.50. The van der Waals surface area contributed by atoms with Gasteiger partial charge >= 0.3 is 0 Å². The maximum atomic E-state index is 12.0. The van der Waals surface area contributed by atoms with E-state index in [9.17, 15) is 4.79 Å². The minimum atomic E-state index is -0.244. The molecule has 0 saturated heterocycles. The standard InChI is InChI=1S/C12H19N3O3/c1-17-7-5-9(8-13)15-11(16)10-4-3-6-14-12(10)18-2/h3-4,6,9H,5,7-8,13H2,1-2H3,(H,15,16). The van der Waals surface area contributed by atoms with E-state index in [2.05, 4.69) is 10.3 Å². The smallest absolute Gasteiger partial charge is 0.257 e. The Morgan fingerprint density at radius 1 is 1.56 bits per heavy atom. The predicted molar refractivity (Wildman–Crippen MR) is 67.6 cm³/mol. The molecule has 1 heterocycles. The highest BCUT2D eigenvalue weighted by Crippen LogP contribution is 2.13. The first-order valence-corrected chi connectivity index (χ1v) is 5.71. The van der Waals surface area contributed by atoms with Crippen molar-refractivity contribution in [2.45, 2.75) is 12.5 Å². The molecule has 1 unspecified atom stereocenters. The van der Waals surface area contributed by atoms with Crippen LogP contribution in [0, 0.1) is 0 Å². The van der Waals surface area contributed by atoms with Crippen LogP contribution in [0.15, 0.2) is 18.3 Å². The van der Waals surface area contributed by atoms with Gasteiger partial charge in [0.05, 0.1) is 7.11 Å². The molecule has 100 valence electrons. The van der Waals surface area contributed by atoms with Crippen molar-refractivity contribution >= 4 is 5.91 Å².